The van der Waals surface area contributed by atoms with Gasteiger partial charge in [0.15, 0.2) is 0 Å². The molecule has 3 fully saturated rings. The second-order valence-corrected chi connectivity index (χ2v) is 6.91. The van der Waals surface area contributed by atoms with Crippen LogP contribution in [0.4, 0.5) is 0 Å². The third-order valence-corrected chi connectivity index (χ3v) is 6.34. The van der Waals surface area contributed by atoms with Crippen LogP contribution in [0.1, 0.15) is 40.0 Å². The molecule has 0 unspecified atom stereocenters. The smallest absolute Gasteiger partial charge is 0.0158 e. The maximum Gasteiger partial charge on any atom is 0.0158 e. The molecule has 0 aromatic rings. The molecular weight excluding hydrogens is 196 g/mol. The van der Waals surface area contributed by atoms with Gasteiger partial charge in [0, 0.05) is 32.2 Å². The van der Waals surface area contributed by atoms with Crippen LogP contribution in [-0.4, -0.2) is 37.1 Å². The van der Waals surface area contributed by atoms with Crippen molar-refractivity contribution in [3.63, 3.8) is 0 Å². The summed E-state index contributed by atoms with van der Waals surface area (Å²) in [7, 11) is 0. The van der Waals surface area contributed by atoms with Gasteiger partial charge in [0.25, 0.3) is 0 Å². The lowest BCUT2D eigenvalue weighted by Crippen LogP contribution is -2.54. The minimum atomic E-state index is 0.572. The van der Waals surface area contributed by atoms with E-state index in [-0.39, 0.29) is 0 Å². The SMILES string of the molecule is CC1(C)[C@H]2CC[C@]1(C)[C@@H](N1CCNCC1)C2. The van der Waals surface area contributed by atoms with E-state index in [9.17, 15) is 0 Å². The molecule has 0 radical (unpaired) electrons. The van der Waals surface area contributed by atoms with Crippen molar-refractivity contribution in [3.8, 4) is 0 Å². The molecule has 0 amide bonds. The Bertz CT molecular complexity index is 280. The average Bonchev–Trinajstić information content (AvgIpc) is 2.62. The summed E-state index contributed by atoms with van der Waals surface area (Å²) in [5.41, 5.74) is 1.15. The molecule has 0 aromatic heterocycles. The highest BCUT2D eigenvalue weighted by atomic mass is 15.2. The topological polar surface area (TPSA) is 15.3 Å². The number of nitrogens with zero attached hydrogens (tertiary/aromatic N) is 1. The van der Waals surface area contributed by atoms with Gasteiger partial charge in [0.05, 0.1) is 0 Å². The fourth-order valence-electron chi connectivity index (χ4n) is 4.71. The van der Waals surface area contributed by atoms with Gasteiger partial charge in [-0.25, -0.2) is 0 Å². The molecule has 1 heterocycles. The lowest BCUT2D eigenvalue weighted by molar-refractivity contribution is 0.0363. The molecule has 3 atom stereocenters. The van der Waals surface area contributed by atoms with Crippen LogP contribution in [0.5, 0.6) is 0 Å². The first-order valence-electron chi connectivity index (χ1n) is 7.00. The number of hydrogen-bond acceptors (Lipinski definition) is 2. The molecular formula is C14H26N2. The molecule has 2 nitrogen and oxygen atoms in total. The molecule has 16 heavy (non-hydrogen) atoms. The van der Waals surface area contributed by atoms with E-state index in [2.05, 4.69) is 31.0 Å². The van der Waals surface area contributed by atoms with Gasteiger partial charge < -0.3 is 5.32 Å². The van der Waals surface area contributed by atoms with E-state index < -0.39 is 0 Å². The van der Waals surface area contributed by atoms with Crippen molar-refractivity contribution in [1.29, 1.82) is 0 Å². The van der Waals surface area contributed by atoms with Crippen LogP contribution in [0.25, 0.3) is 0 Å². The van der Waals surface area contributed by atoms with E-state index >= 15 is 0 Å². The van der Waals surface area contributed by atoms with E-state index in [0.29, 0.717) is 10.8 Å². The molecule has 0 spiro atoms. The zero-order valence-electron chi connectivity index (χ0n) is 11.1. The van der Waals surface area contributed by atoms with Crippen molar-refractivity contribution in [2.75, 3.05) is 26.2 Å². The maximum absolute atomic E-state index is 3.47. The number of fused-ring (bicyclic) bond motifs is 2. The predicted octanol–water partition coefficient (Wildman–Crippen LogP) is 2.11. The number of piperazine rings is 1. The molecule has 1 N–H and O–H groups in total. The summed E-state index contributed by atoms with van der Waals surface area (Å²) in [5, 5.41) is 3.47. The third-order valence-electron chi connectivity index (χ3n) is 6.34. The largest absolute Gasteiger partial charge is 0.314 e. The second kappa shape index (κ2) is 3.46. The van der Waals surface area contributed by atoms with Gasteiger partial charge in [-0.3, -0.25) is 4.90 Å². The van der Waals surface area contributed by atoms with Crippen LogP contribution in [0.3, 0.4) is 0 Å². The summed E-state index contributed by atoms with van der Waals surface area (Å²) in [6.07, 6.45) is 4.40. The molecule has 1 aliphatic heterocycles. The van der Waals surface area contributed by atoms with Crippen molar-refractivity contribution in [2.24, 2.45) is 16.7 Å². The average molecular weight is 222 g/mol. The molecule has 3 aliphatic rings. The molecule has 2 aliphatic carbocycles. The first kappa shape index (κ1) is 11.0. The van der Waals surface area contributed by atoms with E-state index in [1.807, 2.05) is 0 Å². The Kier molecular flexibility index (Phi) is 2.38. The van der Waals surface area contributed by atoms with Crippen molar-refractivity contribution in [3.05, 3.63) is 0 Å². The van der Waals surface area contributed by atoms with E-state index in [1.54, 1.807) is 0 Å². The Balaban J connectivity index is 1.83. The van der Waals surface area contributed by atoms with Crippen LogP contribution in [0, 0.1) is 16.7 Å². The fraction of sp³-hybridized carbons (Fsp3) is 1.00. The molecule has 3 rings (SSSR count). The van der Waals surface area contributed by atoms with Crippen LogP contribution in [-0.2, 0) is 0 Å². The van der Waals surface area contributed by atoms with E-state index in [4.69, 9.17) is 0 Å². The quantitative estimate of drug-likeness (QED) is 0.731. The summed E-state index contributed by atoms with van der Waals surface area (Å²) in [6.45, 7) is 12.5. The summed E-state index contributed by atoms with van der Waals surface area (Å²) in [5.74, 6) is 0.984. The first-order chi connectivity index (χ1) is 7.56. The third kappa shape index (κ3) is 1.26. The Labute approximate surface area is 99.8 Å². The van der Waals surface area contributed by atoms with Crippen molar-refractivity contribution >= 4 is 0 Å². The van der Waals surface area contributed by atoms with E-state index in [0.717, 1.165) is 12.0 Å². The second-order valence-electron chi connectivity index (χ2n) is 6.91. The normalized spacial score (nSPS) is 47.4. The molecule has 2 heteroatoms. The molecule has 2 saturated carbocycles. The highest BCUT2D eigenvalue weighted by Gasteiger charge is 2.62. The van der Waals surface area contributed by atoms with Gasteiger partial charge in [-0.1, -0.05) is 20.8 Å². The summed E-state index contributed by atoms with van der Waals surface area (Å²) in [6, 6.07) is 0.864. The zero-order chi connectivity index (χ0) is 11.4. The standard InChI is InChI=1S/C14H26N2/c1-13(2)11-4-5-14(13,3)12(10-11)16-8-6-15-7-9-16/h11-12,15H,4-10H2,1-3H3/t11-,12-,14+/m0/s1. The summed E-state index contributed by atoms with van der Waals surface area (Å²) < 4.78 is 0. The van der Waals surface area contributed by atoms with Gasteiger partial charge in [-0.05, 0) is 36.0 Å². The number of hydrogen-bond donors (Lipinski definition) is 1. The summed E-state index contributed by atoms with van der Waals surface area (Å²) >= 11 is 0. The molecule has 1 saturated heterocycles. The van der Waals surface area contributed by atoms with E-state index in [1.165, 1.54) is 45.4 Å². The Hall–Kier alpha value is -0.0800. The lowest BCUT2D eigenvalue weighted by Gasteiger charge is -2.46. The van der Waals surface area contributed by atoms with Crippen molar-refractivity contribution in [2.45, 2.75) is 46.1 Å². The van der Waals surface area contributed by atoms with Crippen molar-refractivity contribution in [1.82, 2.24) is 10.2 Å². The Morgan fingerprint density at radius 2 is 1.81 bits per heavy atom. The van der Waals surface area contributed by atoms with Gasteiger partial charge >= 0.3 is 0 Å². The van der Waals surface area contributed by atoms with Crippen LogP contribution < -0.4 is 5.32 Å². The predicted molar refractivity (Wildman–Crippen MR) is 67.5 cm³/mol. The van der Waals surface area contributed by atoms with Gasteiger partial charge in [-0.2, -0.15) is 0 Å². The molecule has 92 valence electrons. The molecule has 2 bridgehead atoms. The minimum absolute atomic E-state index is 0.572. The van der Waals surface area contributed by atoms with Crippen LogP contribution in [0.15, 0.2) is 0 Å². The Morgan fingerprint density at radius 3 is 2.31 bits per heavy atom. The highest BCUT2D eigenvalue weighted by molar-refractivity contribution is 5.13. The monoisotopic (exact) mass is 222 g/mol. The van der Waals surface area contributed by atoms with Gasteiger partial charge in [-0.15, -0.1) is 0 Å². The summed E-state index contributed by atoms with van der Waals surface area (Å²) in [4.78, 5) is 2.78. The maximum atomic E-state index is 3.47. The Morgan fingerprint density at radius 1 is 1.12 bits per heavy atom. The van der Waals surface area contributed by atoms with Crippen molar-refractivity contribution < 1.29 is 0 Å². The number of nitrogens with one attached hydrogen (secondary N) is 1. The van der Waals surface area contributed by atoms with Crippen LogP contribution in [0.2, 0.25) is 0 Å². The van der Waals surface area contributed by atoms with Gasteiger partial charge in [0.2, 0.25) is 0 Å². The lowest BCUT2D eigenvalue weighted by atomic mass is 9.68. The highest BCUT2D eigenvalue weighted by Crippen LogP contribution is 2.66. The fourth-order valence-corrected chi connectivity index (χ4v) is 4.71. The zero-order valence-corrected chi connectivity index (χ0v) is 11.1. The van der Waals surface area contributed by atoms with Crippen LogP contribution >= 0.6 is 0 Å². The molecule has 0 aromatic carbocycles. The first-order valence-corrected chi connectivity index (χ1v) is 7.00. The number of rotatable bonds is 1. The van der Waals surface area contributed by atoms with Gasteiger partial charge in [0.1, 0.15) is 0 Å². The minimum Gasteiger partial charge on any atom is -0.314 e.